The highest BCUT2D eigenvalue weighted by molar-refractivity contribution is 5.78. The Bertz CT molecular complexity index is 683. The van der Waals surface area contributed by atoms with Gasteiger partial charge in [0.1, 0.15) is 11.6 Å². The van der Waals surface area contributed by atoms with Gasteiger partial charge in [-0.05, 0) is 42.8 Å². The number of nitrogens with one attached hydrogen (secondary N) is 1. The minimum absolute atomic E-state index is 0.167. The van der Waals surface area contributed by atoms with Crippen molar-refractivity contribution in [2.24, 2.45) is 0 Å². The monoisotopic (exact) mass is 354 g/mol. The van der Waals surface area contributed by atoms with Gasteiger partial charge in [0.2, 0.25) is 5.91 Å². The van der Waals surface area contributed by atoms with E-state index in [-0.39, 0.29) is 5.91 Å². The highest BCUT2D eigenvalue weighted by atomic mass is 16.5. The van der Waals surface area contributed by atoms with Gasteiger partial charge in [0.15, 0.2) is 0 Å². The second-order valence-electron chi connectivity index (χ2n) is 6.33. The summed E-state index contributed by atoms with van der Waals surface area (Å²) in [4.78, 5) is 20.9. The van der Waals surface area contributed by atoms with Gasteiger partial charge in [-0.25, -0.2) is 4.98 Å². The van der Waals surface area contributed by atoms with Crippen LogP contribution in [0.25, 0.3) is 0 Å². The summed E-state index contributed by atoms with van der Waals surface area (Å²) < 4.78 is 5.16. The molecule has 0 radical (unpaired) electrons. The summed E-state index contributed by atoms with van der Waals surface area (Å²) in [6.07, 6.45) is 2.70. The Balaban J connectivity index is 1.35. The van der Waals surface area contributed by atoms with E-state index in [1.807, 2.05) is 35.2 Å². The number of carbonyl (C=O) groups is 1. The van der Waals surface area contributed by atoms with Crippen LogP contribution in [0.15, 0.2) is 48.7 Å². The van der Waals surface area contributed by atoms with Crippen molar-refractivity contribution in [3.8, 4) is 5.75 Å². The Hall–Kier alpha value is -2.60. The van der Waals surface area contributed by atoms with Gasteiger partial charge in [-0.15, -0.1) is 0 Å². The molecule has 2 heterocycles. The number of ether oxygens (including phenoxy) is 1. The fourth-order valence-corrected chi connectivity index (χ4v) is 3.06. The summed E-state index contributed by atoms with van der Waals surface area (Å²) in [5.41, 5.74) is 1.23. The largest absolute Gasteiger partial charge is 0.497 e. The highest BCUT2D eigenvalue weighted by Gasteiger charge is 2.21. The number of benzene rings is 1. The van der Waals surface area contributed by atoms with Gasteiger partial charge in [0.05, 0.1) is 13.7 Å². The van der Waals surface area contributed by atoms with Crippen molar-refractivity contribution in [3.05, 3.63) is 54.2 Å². The quantitative estimate of drug-likeness (QED) is 0.765. The van der Waals surface area contributed by atoms with Crippen molar-refractivity contribution in [3.63, 3.8) is 0 Å². The van der Waals surface area contributed by atoms with Gasteiger partial charge in [-0.3, -0.25) is 4.79 Å². The van der Waals surface area contributed by atoms with E-state index < -0.39 is 0 Å². The first kappa shape index (κ1) is 18.2. The van der Waals surface area contributed by atoms with Crippen LogP contribution in [0.4, 0.5) is 5.82 Å². The van der Waals surface area contributed by atoms with Crippen LogP contribution in [0.3, 0.4) is 0 Å². The minimum Gasteiger partial charge on any atom is -0.497 e. The zero-order valence-electron chi connectivity index (χ0n) is 15.2. The first-order valence-electron chi connectivity index (χ1n) is 9.03. The normalized spacial score (nSPS) is 14.3. The lowest BCUT2D eigenvalue weighted by Gasteiger charge is -2.35. The standard InChI is InChI=1S/C20H26N4O2/c1-26-18-7-5-17(6-8-18)9-11-21-16-20(25)24-14-12-23(13-15-24)19-4-2-3-10-22-19/h2-8,10,21H,9,11-16H2,1H3. The number of anilines is 1. The summed E-state index contributed by atoms with van der Waals surface area (Å²) in [6, 6.07) is 14.0. The molecule has 1 aliphatic rings. The Morgan fingerprint density at radius 2 is 1.88 bits per heavy atom. The average Bonchev–Trinajstić information content (AvgIpc) is 2.72. The number of pyridine rings is 1. The Labute approximate surface area is 154 Å². The Morgan fingerprint density at radius 1 is 1.12 bits per heavy atom. The molecule has 0 aliphatic carbocycles. The van der Waals surface area contributed by atoms with E-state index in [1.54, 1.807) is 13.3 Å². The zero-order valence-corrected chi connectivity index (χ0v) is 15.2. The molecule has 3 rings (SSSR count). The van der Waals surface area contributed by atoms with E-state index in [0.29, 0.717) is 6.54 Å². The summed E-state index contributed by atoms with van der Waals surface area (Å²) in [6.45, 7) is 4.32. The summed E-state index contributed by atoms with van der Waals surface area (Å²) in [5.74, 6) is 2.01. The summed E-state index contributed by atoms with van der Waals surface area (Å²) >= 11 is 0. The van der Waals surface area contributed by atoms with Crippen LogP contribution < -0.4 is 15.0 Å². The fourth-order valence-electron chi connectivity index (χ4n) is 3.06. The molecule has 1 N–H and O–H groups in total. The molecule has 1 saturated heterocycles. The average molecular weight is 354 g/mol. The summed E-state index contributed by atoms with van der Waals surface area (Å²) in [7, 11) is 1.67. The second-order valence-corrected chi connectivity index (χ2v) is 6.33. The summed E-state index contributed by atoms with van der Waals surface area (Å²) in [5, 5.41) is 3.25. The molecule has 0 saturated carbocycles. The van der Waals surface area contributed by atoms with Gasteiger partial charge in [-0.2, -0.15) is 0 Å². The molecular formula is C20H26N4O2. The number of piperazine rings is 1. The topological polar surface area (TPSA) is 57.7 Å². The van der Waals surface area contributed by atoms with E-state index in [0.717, 1.165) is 50.7 Å². The van der Waals surface area contributed by atoms with Crippen molar-refractivity contribution >= 4 is 11.7 Å². The van der Waals surface area contributed by atoms with Crippen molar-refractivity contribution in [1.29, 1.82) is 0 Å². The van der Waals surface area contributed by atoms with Gasteiger partial charge in [0, 0.05) is 32.4 Å². The van der Waals surface area contributed by atoms with Crippen molar-refractivity contribution in [1.82, 2.24) is 15.2 Å². The molecule has 0 unspecified atom stereocenters. The van der Waals surface area contributed by atoms with Crippen LogP contribution >= 0.6 is 0 Å². The third kappa shape index (κ3) is 4.95. The van der Waals surface area contributed by atoms with E-state index in [1.165, 1.54) is 5.56 Å². The van der Waals surface area contributed by atoms with Gasteiger partial charge >= 0.3 is 0 Å². The second kappa shape index (κ2) is 9.20. The number of rotatable bonds is 7. The zero-order chi connectivity index (χ0) is 18.2. The van der Waals surface area contributed by atoms with Crippen molar-refractivity contribution in [2.45, 2.75) is 6.42 Å². The first-order valence-corrected chi connectivity index (χ1v) is 9.03. The number of aromatic nitrogens is 1. The number of amides is 1. The highest BCUT2D eigenvalue weighted by Crippen LogP contribution is 2.13. The lowest BCUT2D eigenvalue weighted by molar-refractivity contribution is -0.130. The predicted octanol–water partition coefficient (Wildman–Crippen LogP) is 1.57. The maximum Gasteiger partial charge on any atom is 0.236 e. The molecule has 0 bridgehead atoms. The smallest absolute Gasteiger partial charge is 0.236 e. The molecule has 1 aliphatic heterocycles. The molecule has 26 heavy (non-hydrogen) atoms. The molecule has 6 nitrogen and oxygen atoms in total. The van der Waals surface area contributed by atoms with Crippen LogP contribution in [0.2, 0.25) is 0 Å². The fraction of sp³-hybridized carbons (Fsp3) is 0.400. The maximum atomic E-state index is 12.3. The van der Waals surface area contributed by atoms with Crippen LogP contribution in [-0.4, -0.2) is 62.2 Å². The number of hydrogen-bond donors (Lipinski definition) is 1. The van der Waals surface area contributed by atoms with Gasteiger partial charge in [0.25, 0.3) is 0 Å². The van der Waals surface area contributed by atoms with Crippen molar-refractivity contribution in [2.75, 3.05) is 51.3 Å². The van der Waals surface area contributed by atoms with E-state index >= 15 is 0 Å². The van der Waals surface area contributed by atoms with Crippen LogP contribution in [-0.2, 0) is 11.2 Å². The minimum atomic E-state index is 0.167. The third-order valence-corrected chi connectivity index (χ3v) is 4.63. The molecular weight excluding hydrogens is 328 g/mol. The molecule has 1 aromatic heterocycles. The van der Waals surface area contributed by atoms with Crippen molar-refractivity contribution < 1.29 is 9.53 Å². The molecule has 1 amide bonds. The lowest BCUT2D eigenvalue weighted by Crippen LogP contribution is -2.51. The molecule has 0 spiro atoms. The van der Waals surface area contributed by atoms with Crippen LogP contribution in [0.1, 0.15) is 5.56 Å². The van der Waals surface area contributed by atoms with E-state index in [9.17, 15) is 4.79 Å². The van der Waals surface area contributed by atoms with E-state index in [4.69, 9.17) is 4.74 Å². The molecule has 1 fully saturated rings. The van der Waals surface area contributed by atoms with Crippen LogP contribution in [0.5, 0.6) is 5.75 Å². The van der Waals surface area contributed by atoms with Gasteiger partial charge < -0.3 is 19.9 Å². The first-order chi connectivity index (χ1) is 12.8. The lowest BCUT2D eigenvalue weighted by atomic mass is 10.1. The van der Waals surface area contributed by atoms with Gasteiger partial charge in [-0.1, -0.05) is 18.2 Å². The molecule has 1 aromatic carbocycles. The molecule has 6 heteroatoms. The molecule has 0 atom stereocenters. The number of methoxy groups -OCH3 is 1. The van der Waals surface area contributed by atoms with Crippen LogP contribution in [0, 0.1) is 0 Å². The molecule has 2 aromatic rings. The Kier molecular flexibility index (Phi) is 6.44. The SMILES string of the molecule is COc1ccc(CCNCC(=O)N2CCN(c3ccccn3)CC2)cc1. The third-order valence-electron chi connectivity index (χ3n) is 4.63. The van der Waals surface area contributed by atoms with E-state index in [2.05, 4.69) is 27.3 Å². The maximum absolute atomic E-state index is 12.3. The number of nitrogens with zero attached hydrogens (tertiary/aromatic N) is 3. The molecule has 138 valence electrons. The number of hydrogen-bond acceptors (Lipinski definition) is 5. The number of carbonyl (C=O) groups excluding carboxylic acids is 1. The Morgan fingerprint density at radius 3 is 2.54 bits per heavy atom. The predicted molar refractivity (Wildman–Crippen MR) is 103 cm³/mol.